The number of hydrogen-bond donors (Lipinski definition) is 2. The third-order valence-corrected chi connectivity index (χ3v) is 3.61. The molecule has 0 saturated carbocycles. The number of benzene rings is 1. The molecule has 2 aromatic rings. The van der Waals surface area contributed by atoms with Gasteiger partial charge in [-0.15, -0.1) is 0 Å². The minimum atomic E-state index is 0.000799. The Morgan fingerprint density at radius 3 is 2.77 bits per heavy atom. The van der Waals surface area contributed by atoms with Crippen LogP contribution in [0.15, 0.2) is 56.5 Å². The molecule has 5 nitrogen and oxygen atoms in total. The summed E-state index contributed by atoms with van der Waals surface area (Å²) in [5.74, 6) is 2.40. The van der Waals surface area contributed by atoms with Gasteiger partial charge in [-0.3, -0.25) is 4.99 Å². The smallest absolute Gasteiger partial charge is 0.191 e. The van der Waals surface area contributed by atoms with Crippen molar-refractivity contribution >= 4 is 21.9 Å². The van der Waals surface area contributed by atoms with Crippen LogP contribution in [0, 0.1) is 0 Å². The maximum absolute atomic E-state index is 5.88. The first kappa shape index (κ1) is 16.4. The van der Waals surface area contributed by atoms with Crippen molar-refractivity contribution in [1.82, 2.24) is 10.6 Å². The van der Waals surface area contributed by atoms with Crippen molar-refractivity contribution in [2.24, 2.45) is 4.99 Å². The molecule has 1 aromatic carbocycles. The number of para-hydroxylation sites is 1. The lowest BCUT2D eigenvalue weighted by atomic mass is 10.3. The van der Waals surface area contributed by atoms with Crippen LogP contribution in [0.3, 0.4) is 0 Å². The number of aliphatic imine (C=N–C) groups is 1. The van der Waals surface area contributed by atoms with E-state index in [0.717, 1.165) is 16.0 Å². The van der Waals surface area contributed by atoms with Crippen LogP contribution in [-0.4, -0.2) is 25.7 Å². The maximum atomic E-state index is 5.88. The summed E-state index contributed by atoms with van der Waals surface area (Å²) >= 11 is 3.47. The molecule has 0 aliphatic rings. The number of guanidine groups is 1. The van der Waals surface area contributed by atoms with Crippen molar-refractivity contribution in [1.29, 1.82) is 0 Å². The Bertz CT molecular complexity index is 599. The molecule has 0 bridgehead atoms. The zero-order valence-corrected chi connectivity index (χ0v) is 14.3. The van der Waals surface area contributed by atoms with Gasteiger partial charge in [0, 0.05) is 7.05 Å². The van der Waals surface area contributed by atoms with Crippen molar-refractivity contribution in [2.75, 3.05) is 13.6 Å². The molecular formula is C16H20BrN3O2. The van der Waals surface area contributed by atoms with Crippen molar-refractivity contribution in [3.8, 4) is 5.75 Å². The Morgan fingerprint density at radius 2 is 2.09 bits per heavy atom. The molecule has 2 rings (SSSR count). The van der Waals surface area contributed by atoms with Gasteiger partial charge in [0.05, 0.1) is 23.8 Å². The third-order valence-electron chi connectivity index (χ3n) is 2.96. The average Bonchev–Trinajstić information content (AvgIpc) is 3.03. The molecule has 1 heterocycles. The molecule has 0 amide bonds. The highest BCUT2D eigenvalue weighted by molar-refractivity contribution is 9.10. The Hall–Kier alpha value is -1.95. The fourth-order valence-electron chi connectivity index (χ4n) is 1.84. The first-order valence-corrected chi connectivity index (χ1v) is 7.86. The molecule has 2 N–H and O–H groups in total. The predicted molar refractivity (Wildman–Crippen MR) is 91.1 cm³/mol. The van der Waals surface area contributed by atoms with E-state index in [9.17, 15) is 0 Å². The number of nitrogens with one attached hydrogen (secondary N) is 2. The molecule has 0 saturated heterocycles. The average molecular weight is 366 g/mol. The second kappa shape index (κ2) is 8.48. The molecule has 118 valence electrons. The highest BCUT2D eigenvalue weighted by Crippen LogP contribution is 2.24. The first-order chi connectivity index (χ1) is 10.7. The zero-order chi connectivity index (χ0) is 15.8. The van der Waals surface area contributed by atoms with Crippen molar-refractivity contribution in [3.63, 3.8) is 0 Å². The minimum Gasteiger partial charge on any atom is -0.488 e. The van der Waals surface area contributed by atoms with Crippen molar-refractivity contribution in [2.45, 2.75) is 19.6 Å². The summed E-state index contributed by atoms with van der Waals surface area (Å²) in [7, 11) is 1.73. The molecule has 1 atom stereocenters. The van der Waals surface area contributed by atoms with E-state index in [-0.39, 0.29) is 6.10 Å². The van der Waals surface area contributed by atoms with Crippen LogP contribution < -0.4 is 15.4 Å². The molecular weight excluding hydrogens is 346 g/mol. The summed E-state index contributed by atoms with van der Waals surface area (Å²) < 4.78 is 12.1. The summed E-state index contributed by atoms with van der Waals surface area (Å²) in [6, 6.07) is 11.6. The van der Waals surface area contributed by atoms with Gasteiger partial charge < -0.3 is 19.8 Å². The van der Waals surface area contributed by atoms with Crippen molar-refractivity contribution in [3.05, 3.63) is 52.9 Å². The third kappa shape index (κ3) is 5.11. The zero-order valence-electron chi connectivity index (χ0n) is 12.7. The van der Waals surface area contributed by atoms with E-state index in [2.05, 4.69) is 31.6 Å². The molecule has 1 aromatic heterocycles. The van der Waals surface area contributed by atoms with E-state index in [1.165, 1.54) is 0 Å². The van der Waals surface area contributed by atoms with E-state index in [1.54, 1.807) is 13.3 Å². The predicted octanol–water partition coefficient (Wildman–Crippen LogP) is 3.17. The molecule has 6 heteroatoms. The summed E-state index contributed by atoms with van der Waals surface area (Å²) in [6.07, 6.45) is 1.65. The number of rotatable bonds is 6. The van der Waals surface area contributed by atoms with Crippen LogP contribution in [-0.2, 0) is 6.54 Å². The van der Waals surface area contributed by atoms with E-state index in [4.69, 9.17) is 9.15 Å². The molecule has 1 unspecified atom stereocenters. The van der Waals surface area contributed by atoms with Gasteiger partial charge >= 0.3 is 0 Å². The van der Waals surface area contributed by atoms with Gasteiger partial charge in [-0.1, -0.05) is 12.1 Å². The van der Waals surface area contributed by atoms with Crippen LogP contribution in [0.1, 0.15) is 12.7 Å². The number of furan rings is 1. The molecule has 0 radical (unpaired) electrons. The van der Waals surface area contributed by atoms with Gasteiger partial charge in [-0.25, -0.2) is 0 Å². The summed E-state index contributed by atoms with van der Waals surface area (Å²) in [6.45, 7) is 3.23. The summed E-state index contributed by atoms with van der Waals surface area (Å²) in [5.41, 5.74) is 0. The molecule has 0 aliphatic heterocycles. The normalized spacial score (nSPS) is 12.8. The standard InChI is InChI=1S/C16H20BrN3O2/c1-12(22-15-8-4-3-7-14(15)17)10-19-16(18-2)20-11-13-6-5-9-21-13/h3-9,12H,10-11H2,1-2H3,(H2,18,19,20). The fraction of sp³-hybridized carbons (Fsp3) is 0.312. The Kier molecular flexibility index (Phi) is 6.33. The lowest BCUT2D eigenvalue weighted by Gasteiger charge is -2.18. The quantitative estimate of drug-likeness (QED) is 0.609. The second-order valence-corrected chi connectivity index (χ2v) is 5.60. The van der Waals surface area contributed by atoms with Crippen LogP contribution in [0.25, 0.3) is 0 Å². The maximum Gasteiger partial charge on any atom is 0.191 e. The summed E-state index contributed by atoms with van der Waals surface area (Å²) in [5, 5.41) is 6.41. The monoisotopic (exact) mass is 365 g/mol. The first-order valence-electron chi connectivity index (χ1n) is 7.07. The van der Waals surface area contributed by atoms with Gasteiger partial charge in [0.1, 0.15) is 17.6 Å². The lowest BCUT2D eigenvalue weighted by Crippen LogP contribution is -2.41. The van der Waals surface area contributed by atoms with Gasteiger partial charge in [-0.2, -0.15) is 0 Å². The SMILES string of the molecule is CN=C(NCc1ccco1)NCC(C)Oc1ccccc1Br. The fourth-order valence-corrected chi connectivity index (χ4v) is 2.22. The summed E-state index contributed by atoms with van der Waals surface area (Å²) in [4.78, 5) is 4.17. The number of hydrogen-bond acceptors (Lipinski definition) is 3. The highest BCUT2D eigenvalue weighted by atomic mass is 79.9. The van der Waals surface area contributed by atoms with E-state index >= 15 is 0 Å². The molecule has 0 fully saturated rings. The van der Waals surface area contributed by atoms with Gasteiger partial charge in [0.15, 0.2) is 5.96 Å². The number of nitrogens with zero attached hydrogens (tertiary/aromatic N) is 1. The van der Waals surface area contributed by atoms with Crippen LogP contribution in [0.4, 0.5) is 0 Å². The number of ether oxygens (including phenoxy) is 1. The van der Waals surface area contributed by atoms with Crippen LogP contribution in [0.2, 0.25) is 0 Å². The van der Waals surface area contributed by atoms with Crippen LogP contribution in [0.5, 0.6) is 5.75 Å². The molecule has 0 spiro atoms. The van der Waals surface area contributed by atoms with E-state index in [1.807, 2.05) is 43.3 Å². The van der Waals surface area contributed by atoms with E-state index < -0.39 is 0 Å². The van der Waals surface area contributed by atoms with Crippen molar-refractivity contribution < 1.29 is 9.15 Å². The van der Waals surface area contributed by atoms with Gasteiger partial charge in [0.2, 0.25) is 0 Å². The Morgan fingerprint density at radius 1 is 1.27 bits per heavy atom. The Labute approximate surface area is 138 Å². The molecule has 22 heavy (non-hydrogen) atoms. The lowest BCUT2D eigenvalue weighted by molar-refractivity contribution is 0.222. The van der Waals surface area contributed by atoms with Crippen LogP contribution >= 0.6 is 15.9 Å². The van der Waals surface area contributed by atoms with Gasteiger partial charge in [-0.05, 0) is 47.1 Å². The van der Waals surface area contributed by atoms with Gasteiger partial charge in [0.25, 0.3) is 0 Å². The topological polar surface area (TPSA) is 58.8 Å². The molecule has 0 aliphatic carbocycles. The minimum absolute atomic E-state index is 0.000799. The largest absolute Gasteiger partial charge is 0.488 e. The number of halogens is 1. The highest BCUT2D eigenvalue weighted by Gasteiger charge is 2.08. The second-order valence-electron chi connectivity index (χ2n) is 4.74. The van der Waals surface area contributed by atoms with E-state index in [0.29, 0.717) is 19.0 Å². The Balaban J connectivity index is 1.76.